The molecule has 0 aliphatic carbocycles. The number of benzene rings is 2. The molecule has 130 valence electrons. The number of thioether (sulfide) groups is 1. The van der Waals surface area contributed by atoms with Crippen LogP contribution in [0.2, 0.25) is 0 Å². The smallest absolute Gasteiger partial charge is 0.416 e. The summed E-state index contributed by atoms with van der Waals surface area (Å²) in [6.45, 7) is 1.76. The molecule has 0 fully saturated rings. The highest BCUT2D eigenvalue weighted by Gasteiger charge is 2.30. The first-order valence-corrected chi connectivity index (χ1v) is 8.15. The van der Waals surface area contributed by atoms with Gasteiger partial charge in [0.2, 0.25) is 0 Å². The second-order valence-electron chi connectivity index (χ2n) is 5.25. The number of phenols is 1. The van der Waals surface area contributed by atoms with Crippen molar-refractivity contribution in [2.24, 2.45) is 0 Å². The predicted molar refractivity (Wildman–Crippen MR) is 86.5 cm³/mol. The topological polar surface area (TPSA) is 49.7 Å². The number of phenolic OH excluding ortho intramolecular Hbond substituents is 1. The maximum absolute atomic E-state index is 12.4. The van der Waals surface area contributed by atoms with Crippen molar-refractivity contribution in [1.82, 2.24) is 0 Å². The number of alkyl halides is 3. The zero-order valence-corrected chi connectivity index (χ0v) is 13.7. The Balaban J connectivity index is 1.80. The second kappa shape index (κ2) is 7.81. The number of aromatic hydroxyl groups is 1. The van der Waals surface area contributed by atoms with Crippen LogP contribution in [0.3, 0.4) is 0 Å². The molecule has 7 heteroatoms. The molecule has 1 atom stereocenters. The molecule has 2 rings (SSSR count). The first-order valence-electron chi connectivity index (χ1n) is 7.16. The summed E-state index contributed by atoms with van der Waals surface area (Å²) >= 11 is 1.40. The van der Waals surface area contributed by atoms with Crippen molar-refractivity contribution in [2.75, 3.05) is 12.4 Å². The molecular weight excluding hydrogens is 341 g/mol. The summed E-state index contributed by atoms with van der Waals surface area (Å²) in [5.41, 5.74) is 0.00384. The highest BCUT2D eigenvalue weighted by molar-refractivity contribution is 7.99. The number of aliphatic hydroxyl groups excluding tert-OH is 1. The van der Waals surface area contributed by atoms with Crippen LogP contribution < -0.4 is 4.74 Å². The first kappa shape index (κ1) is 18.5. The molecule has 3 nitrogen and oxygen atoms in total. The molecule has 0 heterocycles. The summed E-state index contributed by atoms with van der Waals surface area (Å²) in [5.74, 6) is 0.850. The van der Waals surface area contributed by atoms with E-state index in [1.807, 2.05) is 6.07 Å². The monoisotopic (exact) mass is 358 g/mol. The van der Waals surface area contributed by atoms with E-state index in [0.29, 0.717) is 5.75 Å². The molecule has 0 amide bonds. The van der Waals surface area contributed by atoms with Gasteiger partial charge in [-0.15, -0.1) is 11.8 Å². The van der Waals surface area contributed by atoms with E-state index in [0.717, 1.165) is 22.6 Å². The van der Waals surface area contributed by atoms with E-state index >= 15 is 0 Å². The standard InChI is InChI=1S/C17H17F3O3S/c1-11-8-15(6-7-16(11)22)24-10-13(21)9-23-14-4-2-12(3-5-14)17(18,19)20/h2-8,13,21-22H,9-10H2,1H3. The van der Waals surface area contributed by atoms with Crippen molar-refractivity contribution in [1.29, 1.82) is 0 Å². The number of hydrogen-bond donors (Lipinski definition) is 2. The average molecular weight is 358 g/mol. The predicted octanol–water partition coefficient (Wildman–Crippen LogP) is 4.25. The van der Waals surface area contributed by atoms with Crippen LogP contribution in [-0.2, 0) is 6.18 Å². The molecule has 0 aliphatic heterocycles. The lowest BCUT2D eigenvalue weighted by Crippen LogP contribution is -2.20. The molecule has 0 radical (unpaired) electrons. The summed E-state index contributed by atoms with van der Waals surface area (Å²) in [4.78, 5) is 0.902. The molecule has 0 saturated carbocycles. The lowest BCUT2D eigenvalue weighted by atomic mass is 10.2. The summed E-state index contributed by atoms with van der Waals surface area (Å²) in [6, 6.07) is 9.48. The molecule has 0 spiro atoms. The maximum Gasteiger partial charge on any atom is 0.416 e. The van der Waals surface area contributed by atoms with Gasteiger partial charge in [-0.25, -0.2) is 0 Å². The molecule has 2 aromatic rings. The fourth-order valence-electron chi connectivity index (χ4n) is 1.89. The van der Waals surface area contributed by atoms with Crippen LogP contribution >= 0.6 is 11.8 Å². The Hall–Kier alpha value is -1.86. The summed E-state index contributed by atoms with van der Waals surface area (Å²) in [7, 11) is 0. The fourth-order valence-corrected chi connectivity index (χ4v) is 2.80. The summed E-state index contributed by atoms with van der Waals surface area (Å²) < 4.78 is 42.6. The first-order chi connectivity index (χ1) is 11.3. The third kappa shape index (κ3) is 5.35. The Morgan fingerprint density at radius 3 is 2.38 bits per heavy atom. The highest BCUT2D eigenvalue weighted by Crippen LogP contribution is 2.30. The minimum Gasteiger partial charge on any atom is -0.508 e. The minimum absolute atomic E-state index is 0.0184. The maximum atomic E-state index is 12.4. The third-order valence-electron chi connectivity index (χ3n) is 3.23. The zero-order valence-electron chi connectivity index (χ0n) is 12.9. The number of rotatable bonds is 6. The molecular formula is C17H17F3O3S. The molecule has 0 aliphatic rings. The molecule has 0 saturated heterocycles. The second-order valence-corrected chi connectivity index (χ2v) is 6.34. The van der Waals surface area contributed by atoms with E-state index in [1.165, 1.54) is 23.9 Å². The summed E-state index contributed by atoms with van der Waals surface area (Å²) in [6.07, 6.45) is -5.15. The van der Waals surface area contributed by atoms with Gasteiger partial charge in [-0.05, 0) is 55.0 Å². The average Bonchev–Trinajstić information content (AvgIpc) is 2.53. The Labute approximate surface area is 142 Å². The van der Waals surface area contributed by atoms with Crippen LogP contribution in [0, 0.1) is 6.92 Å². The van der Waals surface area contributed by atoms with E-state index in [9.17, 15) is 23.4 Å². The van der Waals surface area contributed by atoms with Crippen molar-refractivity contribution in [3.8, 4) is 11.5 Å². The van der Waals surface area contributed by atoms with Crippen molar-refractivity contribution < 1.29 is 28.1 Å². The lowest BCUT2D eigenvalue weighted by molar-refractivity contribution is -0.137. The van der Waals surface area contributed by atoms with Crippen LogP contribution in [0.5, 0.6) is 11.5 Å². The van der Waals surface area contributed by atoms with Crippen LogP contribution in [0.15, 0.2) is 47.4 Å². The van der Waals surface area contributed by atoms with Gasteiger partial charge in [0.25, 0.3) is 0 Å². The molecule has 2 N–H and O–H groups in total. The highest BCUT2D eigenvalue weighted by atomic mass is 32.2. The summed E-state index contributed by atoms with van der Waals surface area (Å²) in [5, 5.41) is 19.4. The lowest BCUT2D eigenvalue weighted by Gasteiger charge is -2.13. The number of aryl methyl sites for hydroxylation is 1. The fraction of sp³-hybridized carbons (Fsp3) is 0.294. The minimum atomic E-state index is -4.38. The van der Waals surface area contributed by atoms with Crippen LogP contribution in [0.25, 0.3) is 0 Å². The quantitative estimate of drug-likeness (QED) is 0.758. The van der Waals surface area contributed by atoms with Gasteiger partial charge in [-0.1, -0.05) is 0 Å². The van der Waals surface area contributed by atoms with Crippen molar-refractivity contribution in [2.45, 2.75) is 24.1 Å². The SMILES string of the molecule is Cc1cc(SCC(O)COc2ccc(C(F)(F)F)cc2)ccc1O. The van der Waals surface area contributed by atoms with Crippen LogP contribution in [0.4, 0.5) is 13.2 Å². The van der Waals surface area contributed by atoms with Gasteiger partial charge in [0, 0.05) is 10.6 Å². The van der Waals surface area contributed by atoms with Gasteiger partial charge in [0.1, 0.15) is 18.1 Å². The molecule has 0 aromatic heterocycles. The van der Waals surface area contributed by atoms with Gasteiger partial charge < -0.3 is 14.9 Å². The number of halogens is 3. The third-order valence-corrected chi connectivity index (χ3v) is 4.37. The number of ether oxygens (including phenoxy) is 1. The van der Waals surface area contributed by atoms with Crippen LogP contribution in [-0.4, -0.2) is 28.7 Å². The van der Waals surface area contributed by atoms with Crippen LogP contribution in [0.1, 0.15) is 11.1 Å². The molecule has 24 heavy (non-hydrogen) atoms. The Morgan fingerprint density at radius 2 is 1.79 bits per heavy atom. The van der Waals surface area contributed by atoms with Crippen molar-refractivity contribution >= 4 is 11.8 Å². The number of hydrogen-bond acceptors (Lipinski definition) is 4. The Bertz CT molecular complexity index is 672. The molecule has 1 unspecified atom stereocenters. The van der Waals surface area contributed by atoms with Gasteiger partial charge in [0.15, 0.2) is 0 Å². The largest absolute Gasteiger partial charge is 0.508 e. The van der Waals surface area contributed by atoms with E-state index in [4.69, 9.17) is 4.74 Å². The van der Waals surface area contributed by atoms with E-state index in [2.05, 4.69) is 0 Å². The van der Waals surface area contributed by atoms with Crippen molar-refractivity contribution in [3.63, 3.8) is 0 Å². The van der Waals surface area contributed by atoms with E-state index in [1.54, 1.807) is 19.1 Å². The van der Waals surface area contributed by atoms with Gasteiger partial charge in [0.05, 0.1) is 11.7 Å². The van der Waals surface area contributed by atoms with Crippen molar-refractivity contribution in [3.05, 3.63) is 53.6 Å². The molecule has 2 aromatic carbocycles. The van der Waals surface area contributed by atoms with Gasteiger partial charge >= 0.3 is 6.18 Å². The normalized spacial score (nSPS) is 12.9. The van der Waals surface area contributed by atoms with E-state index in [-0.39, 0.29) is 18.1 Å². The Kier molecular flexibility index (Phi) is 6.01. The zero-order chi connectivity index (χ0) is 17.7. The van der Waals surface area contributed by atoms with Gasteiger partial charge in [-0.3, -0.25) is 0 Å². The van der Waals surface area contributed by atoms with Gasteiger partial charge in [-0.2, -0.15) is 13.2 Å². The number of aliphatic hydroxyl groups is 1. The Morgan fingerprint density at radius 1 is 1.12 bits per heavy atom. The van der Waals surface area contributed by atoms with E-state index < -0.39 is 17.8 Å². The molecule has 0 bridgehead atoms.